The Morgan fingerprint density at radius 2 is 1.82 bits per heavy atom. The van der Waals surface area contributed by atoms with Gasteiger partial charge in [-0.05, 0) is 13.0 Å². The standard InChI is InChI=1S/C12H23N3O2/c1-3-14-7-9-15(10-8-14)12(17)5-4-6-13-11(2)16/h3-10H2,1-2H3,(H,13,16). The number of nitrogens with one attached hydrogen (secondary N) is 1. The van der Waals surface area contributed by atoms with Crippen molar-refractivity contribution in [1.82, 2.24) is 15.1 Å². The van der Waals surface area contributed by atoms with Gasteiger partial charge in [-0.25, -0.2) is 0 Å². The second kappa shape index (κ2) is 7.27. The van der Waals surface area contributed by atoms with Crippen molar-refractivity contribution in [1.29, 1.82) is 0 Å². The van der Waals surface area contributed by atoms with Crippen LogP contribution in [0.4, 0.5) is 0 Å². The molecule has 0 aromatic heterocycles. The van der Waals surface area contributed by atoms with Gasteiger partial charge in [-0.2, -0.15) is 0 Å². The lowest BCUT2D eigenvalue weighted by molar-refractivity contribution is -0.133. The number of rotatable bonds is 5. The van der Waals surface area contributed by atoms with Crippen LogP contribution in [0.25, 0.3) is 0 Å². The quantitative estimate of drug-likeness (QED) is 0.693. The summed E-state index contributed by atoms with van der Waals surface area (Å²) in [6.07, 6.45) is 1.26. The van der Waals surface area contributed by atoms with E-state index in [-0.39, 0.29) is 11.8 Å². The molecule has 5 heteroatoms. The molecule has 0 radical (unpaired) electrons. The first kappa shape index (κ1) is 14.0. The fourth-order valence-electron chi connectivity index (χ4n) is 1.98. The highest BCUT2D eigenvalue weighted by atomic mass is 16.2. The number of likely N-dealkylation sites (N-methyl/N-ethyl adjacent to an activating group) is 1. The molecule has 5 nitrogen and oxygen atoms in total. The van der Waals surface area contributed by atoms with Crippen LogP contribution in [0.15, 0.2) is 0 Å². The molecule has 1 aliphatic rings. The molecule has 0 saturated carbocycles. The van der Waals surface area contributed by atoms with Gasteiger partial charge in [-0.3, -0.25) is 9.59 Å². The Labute approximate surface area is 103 Å². The van der Waals surface area contributed by atoms with Crippen molar-refractivity contribution in [3.8, 4) is 0 Å². The zero-order valence-corrected chi connectivity index (χ0v) is 10.9. The summed E-state index contributed by atoms with van der Waals surface area (Å²) in [5, 5.41) is 2.70. The van der Waals surface area contributed by atoms with Gasteiger partial charge in [0.15, 0.2) is 0 Å². The number of carbonyl (C=O) groups excluding carboxylic acids is 2. The Morgan fingerprint density at radius 1 is 1.18 bits per heavy atom. The number of carbonyl (C=O) groups is 2. The van der Waals surface area contributed by atoms with Crippen molar-refractivity contribution in [2.75, 3.05) is 39.3 Å². The monoisotopic (exact) mass is 241 g/mol. The highest BCUT2D eigenvalue weighted by Gasteiger charge is 2.19. The normalized spacial score (nSPS) is 16.9. The van der Waals surface area contributed by atoms with Crippen LogP contribution in [-0.2, 0) is 9.59 Å². The van der Waals surface area contributed by atoms with Crippen LogP contribution in [0.2, 0.25) is 0 Å². The lowest BCUT2D eigenvalue weighted by atomic mass is 10.2. The lowest BCUT2D eigenvalue weighted by Gasteiger charge is -2.34. The van der Waals surface area contributed by atoms with E-state index in [4.69, 9.17) is 0 Å². The number of hydrogen-bond donors (Lipinski definition) is 1. The topological polar surface area (TPSA) is 52.6 Å². The molecule has 0 spiro atoms. The van der Waals surface area contributed by atoms with Crippen LogP contribution in [-0.4, -0.2) is 60.9 Å². The van der Waals surface area contributed by atoms with E-state index in [9.17, 15) is 9.59 Å². The number of amides is 2. The maximum Gasteiger partial charge on any atom is 0.222 e. The minimum absolute atomic E-state index is 0.0333. The SMILES string of the molecule is CCN1CCN(C(=O)CCCNC(C)=O)CC1. The van der Waals surface area contributed by atoms with Gasteiger partial charge in [-0.1, -0.05) is 6.92 Å². The molecular formula is C12H23N3O2. The molecule has 1 heterocycles. The third-order valence-electron chi connectivity index (χ3n) is 3.11. The zero-order chi connectivity index (χ0) is 12.7. The van der Waals surface area contributed by atoms with E-state index in [1.54, 1.807) is 0 Å². The van der Waals surface area contributed by atoms with E-state index in [2.05, 4.69) is 17.1 Å². The third kappa shape index (κ3) is 5.17. The average Bonchev–Trinajstić information content (AvgIpc) is 2.34. The number of piperazine rings is 1. The van der Waals surface area contributed by atoms with Gasteiger partial charge >= 0.3 is 0 Å². The molecule has 1 N–H and O–H groups in total. The van der Waals surface area contributed by atoms with Gasteiger partial charge in [0.05, 0.1) is 0 Å². The summed E-state index contributed by atoms with van der Waals surface area (Å²) in [4.78, 5) is 26.8. The van der Waals surface area contributed by atoms with E-state index < -0.39 is 0 Å². The van der Waals surface area contributed by atoms with E-state index in [0.717, 1.165) is 39.1 Å². The smallest absolute Gasteiger partial charge is 0.222 e. The summed E-state index contributed by atoms with van der Waals surface area (Å²) < 4.78 is 0. The van der Waals surface area contributed by atoms with E-state index in [1.807, 2.05) is 4.90 Å². The summed E-state index contributed by atoms with van der Waals surface area (Å²) in [7, 11) is 0. The fraction of sp³-hybridized carbons (Fsp3) is 0.833. The Balaban J connectivity index is 2.14. The van der Waals surface area contributed by atoms with Crippen molar-refractivity contribution in [3.05, 3.63) is 0 Å². The Kier molecular flexibility index (Phi) is 5.97. The third-order valence-corrected chi connectivity index (χ3v) is 3.11. The summed E-state index contributed by atoms with van der Waals surface area (Å²) in [5.41, 5.74) is 0. The first-order valence-electron chi connectivity index (χ1n) is 6.38. The molecule has 1 fully saturated rings. The van der Waals surface area contributed by atoms with Crippen LogP contribution in [0.5, 0.6) is 0 Å². The summed E-state index contributed by atoms with van der Waals surface area (Å²) in [6, 6.07) is 0. The molecule has 0 aromatic carbocycles. The predicted molar refractivity (Wildman–Crippen MR) is 66.6 cm³/mol. The Bertz CT molecular complexity index is 260. The van der Waals surface area contributed by atoms with Crippen molar-refractivity contribution < 1.29 is 9.59 Å². The van der Waals surface area contributed by atoms with Crippen LogP contribution in [0.1, 0.15) is 26.7 Å². The zero-order valence-electron chi connectivity index (χ0n) is 10.9. The second-order valence-corrected chi connectivity index (χ2v) is 4.40. The molecule has 1 rings (SSSR count). The van der Waals surface area contributed by atoms with Gasteiger partial charge in [0, 0.05) is 46.1 Å². The van der Waals surface area contributed by atoms with Crippen molar-refractivity contribution in [2.24, 2.45) is 0 Å². The van der Waals surface area contributed by atoms with Crippen LogP contribution >= 0.6 is 0 Å². The maximum atomic E-state index is 11.8. The molecule has 2 amide bonds. The molecule has 0 unspecified atom stereocenters. The van der Waals surface area contributed by atoms with Gasteiger partial charge in [0.1, 0.15) is 0 Å². The van der Waals surface area contributed by atoms with Crippen molar-refractivity contribution in [2.45, 2.75) is 26.7 Å². The van der Waals surface area contributed by atoms with Gasteiger partial charge in [-0.15, -0.1) is 0 Å². The summed E-state index contributed by atoms with van der Waals surface area (Å²) in [6.45, 7) is 8.93. The number of hydrogen-bond acceptors (Lipinski definition) is 3. The van der Waals surface area contributed by atoms with Crippen molar-refractivity contribution >= 4 is 11.8 Å². The summed E-state index contributed by atoms with van der Waals surface area (Å²) >= 11 is 0. The summed E-state index contributed by atoms with van der Waals surface area (Å²) in [5.74, 6) is 0.181. The second-order valence-electron chi connectivity index (χ2n) is 4.40. The van der Waals surface area contributed by atoms with E-state index >= 15 is 0 Å². The largest absolute Gasteiger partial charge is 0.356 e. The molecule has 98 valence electrons. The highest BCUT2D eigenvalue weighted by Crippen LogP contribution is 2.04. The molecule has 0 aliphatic carbocycles. The molecule has 0 bridgehead atoms. The lowest BCUT2D eigenvalue weighted by Crippen LogP contribution is -2.48. The molecule has 0 aromatic rings. The van der Waals surface area contributed by atoms with Crippen LogP contribution in [0, 0.1) is 0 Å². The highest BCUT2D eigenvalue weighted by molar-refractivity contribution is 5.76. The van der Waals surface area contributed by atoms with Gasteiger partial charge < -0.3 is 15.1 Å². The van der Waals surface area contributed by atoms with Gasteiger partial charge in [0.25, 0.3) is 0 Å². The Morgan fingerprint density at radius 3 is 2.35 bits per heavy atom. The fourth-order valence-corrected chi connectivity index (χ4v) is 1.98. The maximum absolute atomic E-state index is 11.8. The van der Waals surface area contributed by atoms with E-state index in [1.165, 1.54) is 6.92 Å². The van der Waals surface area contributed by atoms with Crippen molar-refractivity contribution in [3.63, 3.8) is 0 Å². The first-order valence-corrected chi connectivity index (χ1v) is 6.38. The minimum Gasteiger partial charge on any atom is -0.356 e. The predicted octanol–water partition coefficient (Wildman–Crippen LogP) is 0.0668. The minimum atomic E-state index is -0.0333. The van der Waals surface area contributed by atoms with Gasteiger partial charge in [0.2, 0.25) is 11.8 Å². The molecule has 0 atom stereocenters. The number of nitrogens with zero attached hydrogens (tertiary/aromatic N) is 2. The molecule has 1 saturated heterocycles. The van der Waals surface area contributed by atoms with Crippen LogP contribution < -0.4 is 5.32 Å². The molecule has 17 heavy (non-hydrogen) atoms. The first-order chi connectivity index (χ1) is 8.13. The molecular weight excluding hydrogens is 218 g/mol. The Hall–Kier alpha value is -1.10. The van der Waals surface area contributed by atoms with E-state index in [0.29, 0.717) is 13.0 Å². The van der Waals surface area contributed by atoms with Crippen LogP contribution in [0.3, 0.4) is 0 Å². The average molecular weight is 241 g/mol. The molecule has 1 aliphatic heterocycles.